The molecule has 0 saturated carbocycles. The van der Waals surface area contributed by atoms with Crippen LogP contribution < -0.4 is 10.2 Å². The third-order valence-corrected chi connectivity index (χ3v) is 3.62. The standard InChI is InChI=1S/C13H14BrNO2/c1-4-8-7(2)15-12-10(17-3)6-5-9(14)11(12)13(8)16/h5-6H,4H2,1-3H3,(H,15,16). The van der Waals surface area contributed by atoms with Crippen LogP contribution in [0.25, 0.3) is 10.9 Å². The Balaban J connectivity index is 3.00. The number of nitrogens with one attached hydrogen (secondary N) is 1. The van der Waals surface area contributed by atoms with Crippen molar-refractivity contribution in [3.63, 3.8) is 0 Å². The number of rotatable bonds is 2. The fourth-order valence-electron chi connectivity index (χ4n) is 2.08. The van der Waals surface area contributed by atoms with Gasteiger partial charge in [0.05, 0.1) is 18.0 Å². The molecule has 1 N–H and O–H groups in total. The maximum Gasteiger partial charge on any atom is 0.194 e. The summed E-state index contributed by atoms with van der Waals surface area (Å²) in [4.78, 5) is 15.6. The molecule has 0 unspecified atom stereocenters. The van der Waals surface area contributed by atoms with Crippen molar-refractivity contribution in [1.82, 2.24) is 4.98 Å². The van der Waals surface area contributed by atoms with Crippen LogP contribution in [0, 0.1) is 6.92 Å². The predicted octanol–water partition coefficient (Wildman–Crippen LogP) is 3.17. The normalized spacial score (nSPS) is 10.8. The van der Waals surface area contributed by atoms with Gasteiger partial charge in [-0.05, 0) is 41.4 Å². The first-order chi connectivity index (χ1) is 8.10. The Bertz CT molecular complexity index is 631. The van der Waals surface area contributed by atoms with Crippen molar-refractivity contribution >= 4 is 26.8 Å². The second-order valence-corrected chi connectivity index (χ2v) is 4.77. The first-order valence-corrected chi connectivity index (χ1v) is 6.27. The summed E-state index contributed by atoms with van der Waals surface area (Å²) in [5, 5.41) is 0.659. The molecule has 0 radical (unpaired) electrons. The zero-order valence-electron chi connectivity index (χ0n) is 10.1. The van der Waals surface area contributed by atoms with Gasteiger partial charge in [-0.1, -0.05) is 6.92 Å². The van der Waals surface area contributed by atoms with Gasteiger partial charge >= 0.3 is 0 Å². The third kappa shape index (κ3) is 1.86. The van der Waals surface area contributed by atoms with Crippen molar-refractivity contribution in [2.75, 3.05) is 7.11 Å². The summed E-state index contributed by atoms with van der Waals surface area (Å²) in [5.41, 5.74) is 2.55. The molecule has 0 aliphatic heterocycles. The number of hydrogen-bond donors (Lipinski definition) is 1. The molecule has 0 aliphatic carbocycles. The average molecular weight is 296 g/mol. The van der Waals surface area contributed by atoms with Crippen LogP contribution in [0.15, 0.2) is 21.4 Å². The predicted molar refractivity (Wildman–Crippen MR) is 72.9 cm³/mol. The summed E-state index contributed by atoms with van der Waals surface area (Å²) < 4.78 is 6.07. The molecule has 17 heavy (non-hydrogen) atoms. The van der Waals surface area contributed by atoms with Crippen molar-refractivity contribution in [2.45, 2.75) is 20.3 Å². The second kappa shape index (κ2) is 4.53. The molecule has 1 heterocycles. The Morgan fingerprint density at radius 3 is 2.71 bits per heavy atom. The molecule has 0 atom stereocenters. The number of fused-ring (bicyclic) bond motifs is 1. The molecule has 2 aromatic rings. The summed E-state index contributed by atoms with van der Waals surface area (Å²) in [5.74, 6) is 0.686. The van der Waals surface area contributed by atoms with E-state index in [1.54, 1.807) is 7.11 Å². The van der Waals surface area contributed by atoms with Gasteiger partial charge in [0.15, 0.2) is 5.43 Å². The lowest BCUT2D eigenvalue weighted by Crippen LogP contribution is -2.13. The monoisotopic (exact) mass is 295 g/mol. The molecule has 0 amide bonds. The van der Waals surface area contributed by atoms with Gasteiger partial charge < -0.3 is 9.72 Å². The van der Waals surface area contributed by atoms with Gasteiger partial charge in [0.1, 0.15) is 5.75 Å². The Labute approximate surface area is 108 Å². The highest BCUT2D eigenvalue weighted by molar-refractivity contribution is 9.10. The summed E-state index contributed by atoms with van der Waals surface area (Å²) >= 11 is 3.42. The van der Waals surface area contributed by atoms with Crippen LogP contribution in [0.2, 0.25) is 0 Å². The molecule has 2 rings (SSSR count). The van der Waals surface area contributed by atoms with Crippen molar-refractivity contribution in [1.29, 1.82) is 0 Å². The topological polar surface area (TPSA) is 42.1 Å². The maximum absolute atomic E-state index is 12.4. The molecule has 0 aliphatic rings. The highest BCUT2D eigenvalue weighted by Crippen LogP contribution is 2.28. The Morgan fingerprint density at radius 1 is 1.41 bits per heavy atom. The summed E-state index contributed by atoms with van der Waals surface area (Å²) in [6.45, 7) is 3.90. The Morgan fingerprint density at radius 2 is 2.12 bits per heavy atom. The number of aromatic amines is 1. The number of ether oxygens (including phenoxy) is 1. The SMILES string of the molecule is CCc1c(C)[nH]c2c(OC)ccc(Br)c2c1=O. The number of hydrogen-bond acceptors (Lipinski definition) is 2. The molecule has 0 bridgehead atoms. The van der Waals surface area contributed by atoms with Crippen molar-refractivity contribution < 1.29 is 4.74 Å². The number of methoxy groups -OCH3 is 1. The van der Waals surface area contributed by atoms with Gasteiger partial charge in [-0.2, -0.15) is 0 Å². The molecule has 90 valence electrons. The maximum atomic E-state index is 12.4. The van der Waals surface area contributed by atoms with Gasteiger partial charge in [0, 0.05) is 15.7 Å². The van der Waals surface area contributed by atoms with E-state index in [1.807, 2.05) is 26.0 Å². The summed E-state index contributed by atoms with van der Waals surface area (Å²) in [6, 6.07) is 3.68. The van der Waals surface area contributed by atoms with Crippen LogP contribution in [0.5, 0.6) is 5.75 Å². The minimum absolute atomic E-state index is 0.0736. The smallest absolute Gasteiger partial charge is 0.194 e. The van der Waals surface area contributed by atoms with E-state index in [0.717, 1.165) is 27.7 Å². The van der Waals surface area contributed by atoms with Gasteiger partial charge in [-0.3, -0.25) is 4.79 Å². The minimum atomic E-state index is 0.0736. The zero-order valence-corrected chi connectivity index (χ0v) is 11.6. The van der Waals surface area contributed by atoms with Crippen molar-refractivity contribution in [3.05, 3.63) is 38.1 Å². The molecular formula is C13H14BrNO2. The van der Waals surface area contributed by atoms with Gasteiger partial charge in [-0.15, -0.1) is 0 Å². The van der Waals surface area contributed by atoms with Gasteiger partial charge in [-0.25, -0.2) is 0 Å². The average Bonchev–Trinajstić information content (AvgIpc) is 2.29. The quantitative estimate of drug-likeness (QED) is 0.925. The molecule has 0 fully saturated rings. The molecule has 0 saturated heterocycles. The van der Waals surface area contributed by atoms with Gasteiger partial charge in [0.2, 0.25) is 0 Å². The van der Waals surface area contributed by atoms with E-state index in [9.17, 15) is 4.79 Å². The minimum Gasteiger partial charge on any atom is -0.495 e. The molecule has 0 spiro atoms. The van der Waals surface area contributed by atoms with Crippen LogP contribution in [-0.4, -0.2) is 12.1 Å². The number of benzene rings is 1. The highest BCUT2D eigenvalue weighted by Gasteiger charge is 2.13. The first-order valence-electron chi connectivity index (χ1n) is 5.48. The number of aromatic nitrogens is 1. The number of pyridine rings is 1. The molecule has 1 aromatic carbocycles. The molecule has 3 nitrogen and oxygen atoms in total. The van der Waals surface area contributed by atoms with E-state index in [4.69, 9.17) is 4.74 Å². The summed E-state index contributed by atoms with van der Waals surface area (Å²) in [6.07, 6.45) is 0.723. The number of halogens is 1. The van der Waals surface area contributed by atoms with Crippen molar-refractivity contribution in [2.24, 2.45) is 0 Å². The van der Waals surface area contributed by atoms with E-state index < -0.39 is 0 Å². The second-order valence-electron chi connectivity index (χ2n) is 3.91. The lowest BCUT2D eigenvalue weighted by Gasteiger charge is -2.10. The fraction of sp³-hybridized carbons (Fsp3) is 0.308. The molecular weight excluding hydrogens is 282 g/mol. The third-order valence-electron chi connectivity index (χ3n) is 2.96. The van der Waals surface area contributed by atoms with Crippen molar-refractivity contribution in [3.8, 4) is 5.75 Å². The van der Waals surface area contributed by atoms with E-state index >= 15 is 0 Å². The van der Waals surface area contributed by atoms with E-state index in [2.05, 4.69) is 20.9 Å². The number of H-pyrrole nitrogens is 1. The van der Waals surface area contributed by atoms with E-state index in [1.165, 1.54) is 0 Å². The molecule has 4 heteroatoms. The number of aryl methyl sites for hydroxylation is 1. The van der Waals surface area contributed by atoms with Gasteiger partial charge in [0.25, 0.3) is 0 Å². The highest BCUT2D eigenvalue weighted by atomic mass is 79.9. The lowest BCUT2D eigenvalue weighted by atomic mass is 10.1. The van der Waals surface area contributed by atoms with Crippen LogP contribution in [0.1, 0.15) is 18.2 Å². The summed E-state index contributed by atoms with van der Waals surface area (Å²) in [7, 11) is 1.60. The Kier molecular flexibility index (Phi) is 3.24. The molecule has 1 aromatic heterocycles. The largest absolute Gasteiger partial charge is 0.495 e. The first kappa shape index (κ1) is 12.2. The van der Waals surface area contributed by atoms with E-state index in [-0.39, 0.29) is 5.43 Å². The Hall–Kier alpha value is -1.29. The fourth-order valence-corrected chi connectivity index (χ4v) is 2.59. The van der Waals surface area contributed by atoms with Crippen LogP contribution in [0.3, 0.4) is 0 Å². The van der Waals surface area contributed by atoms with Crippen LogP contribution >= 0.6 is 15.9 Å². The van der Waals surface area contributed by atoms with Crippen LogP contribution in [-0.2, 0) is 6.42 Å². The van der Waals surface area contributed by atoms with Crippen LogP contribution in [0.4, 0.5) is 0 Å². The van der Waals surface area contributed by atoms with E-state index in [0.29, 0.717) is 11.1 Å². The zero-order chi connectivity index (χ0) is 12.6. The lowest BCUT2D eigenvalue weighted by molar-refractivity contribution is 0.418.